The Morgan fingerprint density at radius 1 is 1.25 bits per heavy atom. The lowest BCUT2D eigenvalue weighted by Crippen LogP contribution is -2.23. The molecule has 0 aliphatic heterocycles. The van der Waals surface area contributed by atoms with Gasteiger partial charge in [-0.3, -0.25) is 9.59 Å². The molecule has 1 unspecified atom stereocenters. The highest BCUT2D eigenvalue weighted by Gasteiger charge is 2.19. The highest BCUT2D eigenvalue weighted by atomic mass is 35.5. The van der Waals surface area contributed by atoms with Gasteiger partial charge in [-0.05, 0) is 43.7 Å². The molecule has 0 saturated carbocycles. The van der Waals surface area contributed by atoms with Crippen molar-refractivity contribution < 1.29 is 9.59 Å². The molecule has 3 aromatic rings. The van der Waals surface area contributed by atoms with Crippen molar-refractivity contribution in [3.05, 3.63) is 64.8 Å². The molecule has 5 heteroatoms. The van der Waals surface area contributed by atoms with E-state index in [1.165, 1.54) is 0 Å². The molecule has 0 bridgehead atoms. The number of aryl methyl sites for hydroxylation is 1. The van der Waals surface area contributed by atoms with Crippen molar-refractivity contribution in [2.45, 2.75) is 19.9 Å². The molecule has 24 heavy (non-hydrogen) atoms. The lowest BCUT2D eigenvalue weighted by molar-refractivity contribution is -0.118. The number of para-hydroxylation sites is 1. The van der Waals surface area contributed by atoms with Crippen molar-refractivity contribution in [1.82, 2.24) is 4.57 Å². The third-order valence-electron chi connectivity index (χ3n) is 4.15. The molecule has 2 aromatic carbocycles. The molecule has 0 spiro atoms. The zero-order valence-corrected chi connectivity index (χ0v) is 14.2. The van der Waals surface area contributed by atoms with Crippen LogP contribution >= 0.6 is 11.6 Å². The number of rotatable bonds is 4. The quantitative estimate of drug-likeness (QED) is 0.705. The van der Waals surface area contributed by atoms with Gasteiger partial charge in [-0.25, -0.2) is 0 Å². The molecule has 1 heterocycles. The lowest BCUT2D eigenvalue weighted by atomic mass is 10.2. The van der Waals surface area contributed by atoms with E-state index in [4.69, 9.17) is 11.6 Å². The highest BCUT2D eigenvalue weighted by molar-refractivity contribution is 6.31. The van der Waals surface area contributed by atoms with Crippen LogP contribution in [0.4, 0.5) is 5.69 Å². The molecule has 1 amide bonds. The fraction of sp³-hybridized carbons (Fsp3) is 0.158. The minimum Gasteiger partial charge on any atom is -0.335 e. The number of nitrogens with zero attached hydrogens (tertiary/aromatic N) is 1. The first-order valence-electron chi connectivity index (χ1n) is 7.63. The SMILES string of the molecule is Cc1ccccc1NC(=O)C(C)n1cc(C=O)c2cc(Cl)ccc21. The van der Waals surface area contributed by atoms with Crippen molar-refractivity contribution in [3.8, 4) is 0 Å². The summed E-state index contributed by atoms with van der Waals surface area (Å²) in [5.74, 6) is -0.145. The van der Waals surface area contributed by atoms with E-state index in [1.807, 2.05) is 37.3 Å². The first-order valence-corrected chi connectivity index (χ1v) is 8.01. The second-order valence-corrected chi connectivity index (χ2v) is 6.19. The van der Waals surface area contributed by atoms with Gasteiger partial charge in [0, 0.05) is 33.4 Å². The van der Waals surface area contributed by atoms with Gasteiger partial charge in [0.2, 0.25) is 5.91 Å². The van der Waals surface area contributed by atoms with Crippen LogP contribution in [0.15, 0.2) is 48.7 Å². The molecule has 0 aliphatic rings. The molecule has 4 nitrogen and oxygen atoms in total. The van der Waals surface area contributed by atoms with Crippen LogP contribution in [0.1, 0.15) is 28.9 Å². The molecule has 0 saturated heterocycles. The van der Waals surface area contributed by atoms with Crippen LogP contribution in [0.25, 0.3) is 10.9 Å². The van der Waals surface area contributed by atoms with Gasteiger partial charge < -0.3 is 9.88 Å². The minimum atomic E-state index is -0.470. The second kappa shape index (κ2) is 6.49. The summed E-state index contributed by atoms with van der Waals surface area (Å²) in [6.45, 7) is 3.74. The van der Waals surface area contributed by atoms with Crippen molar-refractivity contribution in [2.24, 2.45) is 0 Å². The number of carbonyl (C=O) groups excluding carboxylic acids is 2. The normalized spacial score (nSPS) is 12.1. The maximum Gasteiger partial charge on any atom is 0.247 e. The van der Waals surface area contributed by atoms with Crippen LogP contribution < -0.4 is 5.32 Å². The van der Waals surface area contributed by atoms with Crippen LogP contribution in [0.5, 0.6) is 0 Å². The molecular formula is C19H17ClN2O2. The highest BCUT2D eigenvalue weighted by Crippen LogP contribution is 2.27. The summed E-state index contributed by atoms with van der Waals surface area (Å²) in [5.41, 5.74) is 3.09. The summed E-state index contributed by atoms with van der Waals surface area (Å²) in [6.07, 6.45) is 2.47. The molecule has 3 rings (SSSR count). The van der Waals surface area contributed by atoms with Crippen molar-refractivity contribution in [2.75, 3.05) is 5.32 Å². The van der Waals surface area contributed by atoms with Crippen LogP contribution in [-0.4, -0.2) is 16.8 Å². The predicted octanol–water partition coefficient (Wildman–Crippen LogP) is 4.62. The second-order valence-electron chi connectivity index (χ2n) is 5.75. The monoisotopic (exact) mass is 340 g/mol. The summed E-state index contributed by atoms with van der Waals surface area (Å²) >= 11 is 6.02. The maximum absolute atomic E-state index is 12.6. The Bertz CT molecular complexity index is 930. The van der Waals surface area contributed by atoms with Crippen molar-refractivity contribution in [1.29, 1.82) is 0 Å². The number of aldehydes is 1. The van der Waals surface area contributed by atoms with Crippen LogP contribution in [0.3, 0.4) is 0 Å². The number of halogens is 1. The summed E-state index contributed by atoms with van der Waals surface area (Å²) < 4.78 is 1.79. The summed E-state index contributed by atoms with van der Waals surface area (Å²) in [6, 6.07) is 12.5. The molecular weight excluding hydrogens is 324 g/mol. The molecule has 0 aliphatic carbocycles. The van der Waals surface area contributed by atoms with Gasteiger partial charge in [-0.2, -0.15) is 0 Å². The number of benzene rings is 2. The van der Waals surface area contributed by atoms with E-state index in [0.29, 0.717) is 10.6 Å². The van der Waals surface area contributed by atoms with Gasteiger partial charge in [0.05, 0.1) is 0 Å². The number of aromatic nitrogens is 1. The van der Waals surface area contributed by atoms with Gasteiger partial charge >= 0.3 is 0 Å². The van der Waals surface area contributed by atoms with Crippen LogP contribution in [0.2, 0.25) is 5.02 Å². The molecule has 1 aromatic heterocycles. The van der Waals surface area contributed by atoms with Gasteiger partial charge in [0.25, 0.3) is 0 Å². The number of anilines is 1. The average molecular weight is 341 g/mol. The van der Waals surface area contributed by atoms with E-state index >= 15 is 0 Å². The average Bonchev–Trinajstić information content (AvgIpc) is 2.94. The Morgan fingerprint density at radius 2 is 2.00 bits per heavy atom. The van der Waals surface area contributed by atoms with Gasteiger partial charge in [0.15, 0.2) is 6.29 Å². The van der Waals surface area contributed by atoms with Crippen molar-refractivity contribution >= 4 is 40.4 Å². The molecule has 1 atom stereocenters. The first-order chi connectivity index (χ1) is 11.5. The molecule has 1 N–H and O–H groups in total. The Labute approximate surface area is 145 Å². The number of amides is 1. The topological polar surface area (TPSA) is 51.1 Å². The predicted molar refractivity (Wildman–Crippen MR) is 96.9 cm³/mol. The third kappa shape index (κ3) is 2.93. The zero-order valence-electron chi connectivity index (χ0n) is 13.4. The maximum atomic E-state index is 12.6. The Morgan fingerprint density at radius 3 is 2.71 bits per heavy atom. The first kappa shape index (κ1) is 16.3. The standard InChI is InChI=1S/C19H17ClN2O2/c1-12-5-3-4-6-17(12)21-19(24)13(2)22-10-14(11-23)16-9-15(20)7-8-18(16)22/h3-11,13H,1-2H3,(H,21,24). The Kier molecular flexibility index (Phi) is 4.40. The van der Waals surface area contributed by atoms with Crippen molar-refractivity contribution in [3.63, 3.8) is 0 Å². The molecule has 0 fully saturated rings. The van der Waals surface area contributed by atoms with E-state index in [0.717, 1.165) is 28.4 Å². The molecule has 0 radical (unpaired) electrons. The summed E-state index contributed by atoms with van der Waals surface area (Å²) in [7, 11) is 0. The third-order valence-corrected chi connectivity index (χ3v) is 4.39. The Balaban J connectivity index is 1.96. The van der Waals surface area contributed by atoms with E-state index in [1.54, 1.807) is 29.8 Å². The van der Waals surface area contributed by atoms with Crippen LogP contribution in [0, 0.1) is 6.92 Å². The zero-order chi connectivity index (χ0) is 17.3. The number of hydrogen-bond donors (Lipinski definition) is 1. The summed E-state index contributed by atoms with van der Waals surface area (Å²) in [4.78, 5) is 23.9. The Hall–Kier alpha value is -2.59. The fourth-order valence-corrected chi connectivity index (χ4v) is 2.92. The largest absolute Gasteiger partial charge is 0.335 e. The number of hydrogen-bond acceptors (Lipinski definition) is 2. The lowest BCUT2D eigenvalue weighted by Gasteiger charge is -2.16. The van der Waals surface area contributed by atoms with E-state index in [9.17, 15) is 9.59 Å². The van der Waals surface area contributed by atoms with Crippen LogP contribution in [-0.2, 0) is 4.79 Å². The minimum absolute atomic E-state index is 0.145. The van der Waals surface area contributed by atoms with E-state index < -0.39 is 6.04 Å². The summed E-state index contributed by atoms with van der Waals surface area (Å²) in [5, 5.41) is 4.24. The molecule has 122 valence electrons. The smallest absolute Gasteiger partial charge is 0.247 e. The van der Waals surface area contributed by atoms with E-state index in [2.05, 4.69) is 5.32 Å². The number of nitrogens with one attached hydrogen (secondary N) is 1. The van der Waals surface area contributed by atoms with E-state index in [-0.39, 0.29) is 5.91 Å². The van der Waals surface area contributed by atoms with Gasteiger partial charge in [0.1, 0.15) is 6.04 Å². The van der Waals surface area contributed by atoms with Gasteiger partial charge in [-0.15, -0.1) is 0 Å². The number of fused-ring (bicyclic) bond motifs is 1. The number of carbonyl (C=O) groups is 2. The fourth-order valence-electron chi connectivity index (χ4n) is 2.74. The van der Waals surface area contributed by atoms with Gasteiger partial charge in [-0.1, -0.05) is 29.8 Å².